The SMILES string of the molecule is COC1(C(Cc2ccc(Cl)cc2)NN)CCCCCC1. The molecular weight excluding hydrogens is 272 g/mol. The lowest BCUT2D eigenvalue weighted by Gasteiger charge is -2.39. The molecule has 0 amide bonds. The van der Waals surface area contributed by atoms with Crippen molar-refractivity contribution in [2.24, 2.45) is 5.84 Å². The van der Waals surface area contributed by atoms with Gasteiger partial charge in [-0.2, -0.15) is 0 Å². The van der Waals surface area contributed by atoms with Gasteiger partial charge in [-0.1, -0.05) is 49.4 Å². The van der Waals surface area contributed by atoms with Crippen molar-refractivity contribution in [2.75, 3.05) is 7.11 Å². The number of halogens is 1. The van der Waals surface area contributed by atoms with Gasteiger partial charge in [0.15, 0.2) is 0 Å². The quantitative estimate of drug-likeness (QED) is 0.497. The Morgan fingerprint density at radius 3 is 2.30 bits per heavy atom. The second-order valence-corrected chi connectivity index (χ2v) is 6.17. The summed E-state index contributed by atoms with van der Waals surface area (Å²) in [4.78, 5) is 0. The predicted octanol–water partition coefficient (Wildman–Crippen LogP) is 3.45. The molecule has 2 rings (SSSR count). The second kappa shape index (κ2) is 7.41. The van der Waals surface area contributed by atoms with Crippen molar-refractivity contribution in [3.8, 4) is 0 Å². The van der Waals surface area contributed by atoms with Gasteiger partial charge in [0.1, 0.15) is 0 Å². The maximum absolute atomic E-state index is 5.94. The van der Waals surface area contributed by atoms with E-state index in [4.69, 9.17) is 22.2 Å². The van der Waals surface area contributed by atoms with Crippen molar-refractivity contribution in [1.82, 2.24) is 5.43 Å². The average molecular weight is 297 g/mol. The predicted molar refractivity (Wildman–Crippen MR) is 83.7 cm³/mol. The average Bonchev–Trinajstić information content (AvgIpc) is 2.73. The van der Waals surface area contributed by atoms with E-state index in [0.717, 1.165) is 24.3 Å². The maximum Gasteiger partial charge on any atom is 0.0847 e. The summed E-state index contributed by atoms with van der Waals surface area (Å²) in [6.07, 6.45) is 8.03. The minimum absolute atomic E-state index is 0.131. The molecule has 3 nitrogen and oxygen atoms in total. The molecule has 0 aliphatic heterocycles. The number of nitrogens with two attached hydrogens (primary N) is 1. The van der Waals surface area contributed by atoms with Crippen molar-refractivity contribution >= 4 is 11.6 Å². The number of hydrogen-bond donors (Lipinski definition) is 2. The molecule has 0 radical (unpaired) electrons. The van der Waals surface area contributed by atoms with Crippen molar-refractivity contribution in [3.63, 3.8) is 0 Å². The van der Waals surface area contributed by atoms with Crippen LogP contribution >= 0.6 is 11.6 Å². The number of benzene rings is 1. The highest BCUT2D eigenvalue weighted by Crippen LogP contribution is 2.34. The second-order valence-electron chi connectivity index (χ2n) is 5.73. The topological polar surface area (TPSA) is 47.3 Å². The van der Waals surface area contributed by atoms with E-state index in [2.05, 4.69) is 17.6 Å². The molecule has 1 fully saturated rings. The summed E-state index contributed by atoms with van der Waals surface area (Å²) in [6, 6.07) is 8.11. The lowest BCUT2D eigenvalue weighted by atomic mass is 9.83. The van der Waals surface area contributed by atoms with Crippen molar-refractivity contribution in [2.45, 2.75) is 56.6 Å². The summed E-state index contributed by atoms with van der Waals surface area (Å²) in [5.41, 5.74) is 4.08. The zero-order valence-corrected chi connectivity index (χ0v) is 13.0. The van der Waals surface area contributed by atoms with E-state index < -0.39 is 0 Å². The summed E-state index contributed by atoms with van der Waals surface area (Å²) in [6.45, 7) is 0. The lowest BCUT2D eigenvalue weighted by molar-refractivity contribution is -0.0527. The Kier molecular flexibility index (Phi) is 5.85. The summed E-state index contributed by atoms with van der Waals surface area (Å²) in [7, 11) is 1.82. The first-order valence-electron chi connectivity index (χ1n) is 7.46. The van der Waals surface area contributed by atoms with Crippen LogP contribution in [-0.2, 0) is 11.2 Å². The molecule has 112 valence electrons. The van der Waals surface area contributed by atoms with Crippen LogP contribution in [0.3, 0.4) is 0 Å². The third kappa shape index (κ3) is 3.73. The molecule has 1 unspecified atom stereocenters. The molecule has 1 aromatic carbocycles. The molecule has 1 aliphatic carbocycles. The van der Waals surface area contributed by atoms with Crippen LogP contribution in [0.25, 0.3) is 0 Å². The molecule has 4 heteroatoms. The summed E-state index contributed by atoms with van der Waals surface area (Å²) >= 11 is 5.94. The van der Waals surface area contributed by atoms with Gasteiger partial charge in [-0.3, -0.25) is 11.3 Å². The van der Waals surface area contributed by atoms with Gasteiger partial charge in [0.2, 0.25) is 0 Å². The van der Waals surface area contributed by atoms with E-state index >= 15 is 0 Å². The molecular formula is C16H25ClN2O. The van der Waals surface area contributed by atoms with Crippen LogP contribution in [-0.4, -0.2) is 18.8 Å². The fourth-order valence-corrected chi connectivity index (χ4v) is 3.40. The normalized spacial score (nSPS) is 20.4. The van der Waals surface area contributed by atoms with E-state index in [1.807, 2.05) is 19.2 Å². The number of ether oxygens (including phenoxy) is 1. The highest BCUT2D eigenvalue weighted by molar-refractivity contribution is 6.30. The van der Waals surface area contributed by atoms with E-state index in [1.54, 1.807) is 0 Å². The van der Waals surface area contributed by atoms with Crippen LogP contribution in [0.15, 0.2) is 24.3 Å². The minimum Gasteiger partial charge on any atom is -0.377 e. The van der Waals surface area contributed by atoms with Crippen LogP contribution in [0, 0.1) is 0 Å². The Bertz CT molecular complexity index is 399. The van der Waals surface area contributed by atoms with Gasteiger partial charge < -0.3 is 4.74 Å². The third-order valence-electron chi connectivity index (χ3n) is 4.55. The highest BCUT2D eigenvalue weighted by Gasteiger charge is 2.38. The van der Waals surface area contributed by atoms with E-state index in [1.165, 1.54) is 31.2 Å². The van der Waals surface area contributed by atoms with Gasteiger partial charge >= 0.3 is 0 Å². The highest BCUT2D eigenvalue weighted by atomic mass is 35.5. The molecule has 0 aromatic heterocycles. The number of nitrogens with one attached hydrogen (secondary N) is 1. The number of methoxy groups -OCH3 is 1. The largest absolute Gasteiger partial charge is 0.377 e. The molecule has 0 heterocycles. The zero-order valence-electron chi connectivity index (χ0n) is 12.2. The smallest absolute Gasteiger partial charge is 0.0847 e. The molecule has 1 aliphatic rings. The fraction of sp³-hybridized carbons (Fsp3) is 0.625. The van der Waals surface area contributed by atoms with Crippen LogP contribution in [0.2, 0.25) is 5.02 Å². The van der Waals surface area contributed by atoms with Crippen LogP contribution in [0.1, 0.15) is 44.1 Å². The van der Waals surface area contributed by atoms with Gasteiger partial charge in [-0.15, -0.1) is 0 Å². The Morgan fingerprint density at radius 2 is 1.80 bits per heavy atom. The fourth-order valence-electron chi connectivity index (χ4n) is 3.27. The first kappa shape index (κ1) is 15.8. The van der Waals surface area contributed by atoms with E-state index in [0.29, 0.717) is 0 Å². The Balaban J connectivity index is 2.13. The van der Waals surface area contributed by atoms with Crippen LogP contribution < -0.4 is 11.3 Å². The Morgan fingerprint density at radius 1 is 1.20 bits per heavy atom. The van der Waals surface area contributed by atoms with Gasteiger partial charge in [-0.05, 0) is 37.0 Å². The third-order valence-corrected chi connectivity index (χ3v) is 4.80. The molecule has 1 saturated carbocycles. The first-order chi connectivity index (χ1) is 9.70. The molecule has 20 heavy (non-hydrogen) atoms. The summed E-state index contributed by atoms with van der Waals surface area (Å²) < 4.78 is 5.94. The molecule has 1 atom stereocenters. The lowest BCUT2D eigenvalue weighted by Crippen LogP contribution is -2.55. The van der Waals surface area contributed by atoms with Gasteiger partial charge in [-0.25, -0.2) is 0 Å². The Hall–Kier alpha value is -0.610. The van der Waals surface area contributed by atoms with Crippen molar-refractivity contribution in [3.05, 3.63) is 34.9 Å². The van der Waals surface area contributed by atoms with E-state index in [-0.39, 0.29) is 11.6 Å². The standard InChI is InChI=1S/C16H25ClN2O/c1-20-16(10-4-2-3-5-11-16)15(19-18)12-13-6-8-14(17)9-7-13/h6-9,15,19H,2-5,10-12,18H2,1H3. The number of hydrogen-bond acceptors (Lipinski definition) is 3. The van der Waals surface area contributed by atoms with Crippen molar-refractivity contribution in [1.29, 1.82) is 0 Å². The van der Waals surface area contributed by atoms with Gasteiger partial charge in [0.05, 0.1) is 11.6 Å². The molecule has 3 N–H and O–H groups in total. The first-order valence-corrected chi connectivity index (χ1v) is 7.84. The minimum atomic E-state index is -0.148. The van der Waals surface area contributed by atoms with E-state index in [9.17, 15) is 0 Å². The summed E-state index contributed by atoms with van der Waals surface area (Å²) in [5, 5.41) is 0.766. The zero-order chi connectivity index (χ0) is 14.4. The van der Waals surface area contributed by atoms with Gasteiger partial charge in [0, 0.05) is 12.1 Å². The summed E-state index contributed by atoms with van der Waals surface area (Å²) in [5.74, 6) is 5.84. The van der Waals surface area contributed by atoms with Crippen LogP contribution in [0.4, 0.5) is 0 Å². The monoisotopic (exact) mass is 296 g/mol. The van der Waals surface area contributed by atoms with Crippen LogP contribution in [0.5, 0.6) is 0 Å². The van der Waals surface area contributed by atoms with Gasteiger partial charge in [0.25, 0.3) is 0 Å². The number of hydrazine groups is 1. The van der Waals surface area contributed by atoms with Crippen molar-refractivity contribution < 1.29 is 4.74 Å². The molecule has 0 bridgehead atoms. The molecule has 0 spiro atoms. The number of rotatable bonds is 5. The molecule has 1 aromatic rings. The maximum atomic E-state index is 5.94. The Labute approximate surface area is 126 Å². The molecule has 0 saturated heterocycles.